The summed E-state index contributed by atoms with van der Waals surface area (Å²) in [6, 6.07) is 16.7. The second-order valence-corrected chi connectivity index (χ2v) is 6.17. The highest BCUT2D eigenvalue weighted by Crippen LogP contribution is 2.25. The topological polar surface area (TPSA) is 88.6 Å². The van der Waals surface area contributed by atoms with Crippen LogP contribution in [0, 0.1) is 11.3 Å². The van der Waals surface area contributed by atoms with Crippen molar-refractivity contribution in [2.24, 2.45) is 0 Å². The molecule has 2 aromatic carbocycles. The van der Waals surface area contributed by atoms with Crippen LogP contribution in [0.5, 0.6) is 5.75 Å². The maximum absolute atomic E-state index is 12.4. The summed E-state index contributed by atoms with van der Waals surface area (Å²) >= 11 is 0. The Bertz CT molecular complexity index is 802. The molecule has 1 aliphatic rings. The lowest BCUT2D eigenvalue weighted by Gasteiger charge is -2.24. The molecule has 26 heavy (non-hydrogen) atoms. The Balaban J connectivity index is 1.57. The fraction of sp³-hybridized carbons (Fsp3) is 0.300. The van der Waals surface area contributed by atoms with Crippen LogP contribution < -0.4 is 10.5 Å². The number of likely N-dealkylation sites (tertiary alicyclic amines) is 1. The second kappa shape index (κ2) is 8.26. The van der Waals surface area contributed by atoms with Gasteiger partial charge in [-0.3, -0.25) is 0 Å². The molecular weight excluding hydrogens is 330 g/mol. The van der Waals surface area contributed by atoms with Crippen molar-refractivity contribution in [3.05, 3.63) is 59.7 Å². The number of benzene rings is 2. The van der Waals surface area contributed by atoms with Crippen LogP contribution in [0.2, 0.25) is 0 Å². The van der Waals surface area contributed by atoms with E-state index in [0.29, 0.717) is 30.2 Å². The van der Waals surface area contributed by atoms with Crippen LogP contribution in [-0.2, 0) is 11.3 Å². The van der Waals surface area contributed by atoms with Gasteiger partial charge in [-0.1, -0.05) is 36.4 Å². The van der Waals surface area contributed by atoms with Crippen molar-refractivity contribution in [3.63, 3.8) is 0 Å². The van der Waals surface area contributed by atoms with Gasteiger partial charge in [0, 0.05) is 6.54 Å². The molecule has 0 unspecified atom stereocenters. The second-order valence-electron chi connectivity index (χ2n) is 6.17. The van der Waals surface area contributed by atoms with Gasteiger partial charge in [0.15, 0.2) is 0 Å². The minimum Gasteiger partial charge on any atom is -0.490 e. The summed E-state index contributed by atoms with van der Waals surface area (Å²) < 4.78 is 11.2. The molecule has 0 radical (unpaired) electrons. The predicted molar refractivity (Wildman–Crippen MR) is 97.4 cm³/mol. The van der Waals surface area contributed by atoms with E-state index in [1.54, 1.807) is 23.1 Å². The van der Waals surface area contributed by atoms with Crippen LogP contribution in [0.25, 0.3) is 0 Å². The van der Waals surface area contributed by atoms with E-state index < -0.39 is 0 Å². The van der Waals surface area contributed by atoms with Gasteiger partial charge in [0.05, 0.1) is 11.7 Å². The number of nitrogen functional groups attached to an aromatic ring is 1. The number of amides is 1. The molecule has 6 heteroatoms. The highest BCUT2D eigenvalue weighted by Gasteiger charge is 2.30. The standard InChI is InChI=1S/C20H21N3O3/c21-12-17-18(22)9-4-10-19(17)25-14-16-8-5-11-23(16)20(24)26-13-15-6-2-1-3-7-15/h1-4,6-7,9-10,16H,5,8,11,13-14,22H2/t16-/m0/s1. The maximum Gasteiger partial charge on any atom is 0.410 e. The van der Waals surface area contributed by atoms with Gasteiger partial charge in [0.25, 0.3) is 0 Å². The molecule has 3 rings (SSSR count). The van der Waals surface area contributed by atoms with Gasteiger partial charge < -0.3 is 20.1 Å². The van der Waals surface area contributed by atoms with Gasteiger partial charge >= 0.3 is 6.09 Å². The molecule has 0 bridgehead atoms. The molecule has 2 N–H and O–H groups in total. The molecule has 1 heterocycles. The maximum atomic E-state index is 12.4. The Kier molecular flexibility index (Phi) is 5.59. The van der Waals surface area contributed by atoms with Gasteiger partial charge in [-0.2, -0.15) is 5.26 Å². The van der Waals surface area contributed by atoms with E-state index in [-0.39, 0.29) is 18.7 Å². The van der Waals surface area contributed by atoms with Crippen molar-refractivity contribution < 1.29 is 14.3 Å². The molecule has 134 valence electrons. The number of carbonyl (C=O) groups is 1. The summed E-state index contributed by atoms with van der Waals surface area (Å²) in [4.78, 5) is 14.1. The number of nitrogens with zero attached hydrogens (tertiary/aromatic N) is 2. The number of nitrogens with two attached hydrogens (primary N) is 1. The van der Waals surface area contributed by atoms with E-state index in [1.165, 1.54) is 0 Å². The molecule has 1 amide bonds. The molecule has 0 saturated carbocycles. The van der Waals surface area contributed by atoms with E-state index in [1.807, 2.05) is 30.3 Å². The number of ether oxygens (including phenoxy) is 2. The minimum atomic E-state index is -0.340. The molecule has 6 nitrogen and oxygen atoms in total. The van der Waals surface area contributed by atoms with Crippen LogP contribution in [0.3, 0.4) is 0 Å². The van der Waals surface area contributed by atoms with Gasteiger partial charge in [-0.25, -0.2) is 4.79 Å². The quantitative estimate of drug-likeness (QED) is 0.835. The Morgan fingerprint density at radius 2 is 2.04 bits per heavy atom. The summed E-state index contributed by atoms with van der Waals surface area (Å²) in [5.74, 6) is 0.442. The Hall–Kier alpha value is -3.20. The van der Waals surface area contributed by atoms with Crippen LogP contribution in [-0.4, -0.2) is 30.2 Å². The number of anilines is 1. The third-order valence-electron chi connectivity index (χ3n) is 4.42. The number of nitriles is 1. The molecule has 1 atom stereocenters. The number of rotatable bonds is 5. The van der Waals surface area contributed by atoms with Crippen LogP contribution >= 0.6 is 0 Å². The van der Waals surface area contributed by atoms with Crippen molar-refractivity contribution in [3.8, 4) is 11.8 Å². The molecule has 1 aliphatic heterocycles. The first kappa shape index (κ1) is 17.6. The molecule has 1 fully saturated rings. The monoisotopic (exact) mass is 351 g/mol. The lowest BCUT2D eigenvalue weighted by molar-refractivity contribution is 0.0823. The van der Waals surface area contributed by atoms with Gasteiger partial charge in [-0.15, -0.1) is 0 Å². The first-order valence-corrected chi connectivity index (χ1v) is 8.57. The largest absolute Gasteiger partial charge is 0.490 e. The van der Waals surface area contributed by atoms with Crippen molar-refractivity contribution >= 4 is 11.8 Å². The van der Waals surface area contributed by atoms with Gasteiger partial charge in [0.1, 0.15) is 30.6 Å². The van der Waals surface area contributed by atoms with E-state index >= 15 is 0 Å². The number of hydrogen-bond acceptors (Lipinski definition) is 5. The van der Waals surface area contributed by atoms with Gasteiger partial charge in [-0.05, 0) is 30.5 Å². The number of carbonyl (C=O) groups excluding carboxylic acids is 1. The fourth-order valence-corrected chi connectivity index (χ4v) is 3.03. The van der Waals surface area contributed by atoms with Crippen LogP contribution in [0.1, 0.15) is 24.0 Å². The van der Waals surface area contributed by atoms with E-state index in [9.17, 15) is 10.1 Å². The highest BCUT2D eigenvalue weighted by atomic mass is 16.6. The molecule has 1 saturated heterocycles. The van der Waals surface area contributed by atoms with E-state index in [0.717, 1.165) is 18.4 Å². The van der Waals surface area contributed by atoms with Crippen molar-refractivity contribution in [1.29, 1.82) is 5.26 Å². The lowest BCUT2D eigenvalue weighted by atomic mass is 10.2. The molecule has 2 aromatic rings. The normalized spacial score (nSPS) is 16.1. The zero-order valence-corrected chi connectivity index (χ0v) is 14.4. The SMILES string of the molecule is N#Cc1c(N)cccc1OC[C@@H]1CCCN1C(=O)OCc1ccccc1. The van der Waals surface area contributed by atoms with Crippen molar-refractivity contribution in [1.82, 2.24) is 4.90 Å². The Morgan fingerprint density at radius 3 is 2.81 bits per heavy atom. The lowest BCUT2D eigenvalue weighted by Crippen LogP contribution is -2.39. The van der Waals surface area contributed by atoms with E-state index in [2.05, 4.69) is 6.07 Å². The zero-order chi connectivity index (χ0) is 18.4. The third kappa shape index (κ3) is 4.06. The summed E-state index contributed by atoms with van der Waals surface area (Å²) in [7, 11) is 0. The van der Waals surface area contributed by atoms with Gasteiger partial charge in [0.2, 0.25) is 0 Å². The summed E-state index contributed by atoms with van der Waals surface area (Å²) in [6.07, 6.45) is 1.40. The summed E-state index contributed by atoms with van der Waals surface area (Å²) in [5, 5.41) is 9.22. The first-order valence-electron chi connectivity index (χ1n) is 8.57. The van der Waals surface area contributed by atoms with E-state index in [4.69, 9.17) is 15.2 Å². The number of hydrogen-bond donors (Lipinski definition) is 1. The Morgan fingerprint density at radius 1 is 1.23 bits per heavy atom. The average Bonchev–Trinajstić information content (AvgIpc) is 3.14. The molecule has 0 aromatic heterocycles. The Labute approximate surface area is 152 Å². The molecule has 0 aliphatic carbocycles. The molecular formula is C20H21N3O3. The highest BCUT2D eigenvalue weighted by molar-refractivity contribution is 5.68. The summed E-state index contributed by atoms with van der Waals surface area (Å²) in [5.41, 5.74) is 7.46. The zero-order valence-electron chi connectivity index (χ0n) is 14.4. The van der Waals surface area contributed by atoms with Crippen molar-refractivity contribution in [2.75, 3.05) is 18.9 Å². The third-order valence-corrected chi connectivity index (χ3v) is 4.42. The van der Waals surface area contributed by atoms with Crippen molar-refractivity contribution in [2.45, 2.75) is 25.5 Å². The smallest absolute Gasteiger partial charge is 0.410 e. The average molecular weight is 351 g/mol. The predicted octanol–water partition coefficient (Wildman–Crippen LogP) is 3.32. The fourth-order valence-electron chi connectivity index (χ4n) is 3.03. The minimum absolute atomic E-state index is 0.0775. The molecule has 0 spiro atoms. The first-order chi connectivity index (χ1) is 12.7. The van der Waals surface area contributed by atoms with Crippen LogP contribution in [0.4, 0.5) is 10.5 Å². The summed E-state index contributed by atoms with van der Waals surface area (Å²) in [6.45, 7) is 1.19. The van der Waals surface area contributed by atoms with Crippen LogP contribution in [0.15, 0.2) is 48.5 Å².